The van der Waals surface area contributed by atoms with Crippen molar-refractivity contribution in [2.75, 3.05) is 19.5 Å². The van der Waals surface area contributed by atoms with Gasteiger partial charge in [0.1, 0.15) is 0 Å². The number of para-hydroxylation sites is 1. The Morgan fingerprint density at radius 3 is 2.60 bits per heavy atom. The number of esters is 1. The molecule has 1 aromatic rings. The van der Waals surface area contributed by atoms with Crippen LogP contribution in [-0.4, -0.2) is 32.2 Å². The van der Waals surface area contributed by atoms with Gasteiger partial charge in [-0.1, -0.05) is 18.7 Å². The van der Waals surface area contributed by atoms with Gasteiger partial charge in [0.25, 0.3) is 5.91 Å². The first-order valence-corrected chi connectivity index (χ1v) is 7.42. The van der Waals surface area contributed by atoms with Crippen molar-refractivity contribution in [1.82, 2.24) is 5.32 Å². The molecule has 0 saturated heterocycles. The second kappa shape index (κ2) is 9.71. The smallest absolute Gasteiger partial charge is 0.339 e. The molecule has 7 heteroatoms. The number of rotatable bonds is 7. The standard InChI is InChI=1S/C18H22N4O3/c1-12(20-3)9-13(2)21-11-14(10-19)17(23)22-16-8-6-5-7-15(16)18(24)25-4/h5-11,20H,2,19H2,1,3-4H3,(H,22,23)/b12-9-,14-10?,21-11?. The van der Waals surface area contributed by atoms with Crippen LogP contribution < -0.4 is 16.4 Å². The average molecular weight is 342 g/mol. The highest BCUT2D eigenvalue weighted by molar-refractivity contribution is 6.18. The zero-order chi connectivity index (χ0) is 18.8. The summed E-state index contributed by atoms with van der Waals surface area (Å²) >= 11 is 0. The molecule has 0 spiro atoms. The van der Waals surface area contributed by atoms with Crippen LogP contribution in [0, 0.1) is 0 Å². The van der Waals surface area contributed by atoms with Crippen LogP contribution in [0.4, 0.5) is 5.69 Å². The molecule has 132 valence electrons. The first kappa shape index (κ1) is 19.7. The molecule has 0 fully saturated rings. The molecule has 1 aromatic carbocycles. The lowest BCUT2D eigenvalue weighted by Crippen LogP contribution is -2.18. The quantitative estimate of drug-likeness (QED) is 0.304. The van der Waals surface area contributed by atoms with Crippen LogP contribution in [0.5, 0.6) is 0 Å². The van der Waals surface area contributed by atoms with Crippen molar-refractivity contribution >= 4 is 23.8 Å². The van der Waals surface area contributed by atoms with E-state index in [4.69, 9.17) is 10.5 Å². The minimum Gasteiger partial charge on any atom is -0.465 e. The highest BCUT2D eigenvalue weighted by Crippen LogP contribution is 2.16. The normalized spacial score (nSPS) is 12.0. The monoisotopic (exact) mass is 342 g/mol. The molecular formula is C18H22N4O3. The molecule has 7 nitrogen and oxygen atoms in total. The molecule has 0 heterocycles. The maximum absolute atomic E-state index is 12.3. The van der Waals surface area contributed by atoms with Gasteiger partial charge in [0.2, 0.25) is 0 Å². The highest BCUT2D eigenvalue weighted by Gasteiger charge is 2.14. The lowest BCUT2D eigenvalue weighted by molar-refractivity contribution is -0.112. The Labute approximate surface area is 147 Å². The second-order valence-corrected chi connectivity index (χ2v) is 4.94. The van der Waals surface area contributed by atoms with E-state index in [2.05, 4.69) is 22.2 Å². The number of amides is 1. The molecule has 0 aromatic heterocycles. The molecule has 0 atom stereocenters. The van der Waals surface area contributed by atoms with Gasteiger partial charge in [-0.25, -0.2) is 4.79 Å². The number of nitrogens with one attached hydrogen (secondary N) is 2. The van der Waals surface area contributed by atoms with Crippen LogP contribution in [0.25, 0.3) is 0 Å². The topological polar surface area (TPSA) is 106 Å². The van der Waals surface area contributed by atoms with E-state index in [9.17, 15) is 9.59 Å². The molecule has 0 aliphatic rings. The van der Waals surface area contributed by atoms with E-state index in [1.165, 1.54) is 13.3 Å². The maximum Gasteiger partial charge on any atom is 0.339 e. The van der Waals surface area contributed by atoms with Gasteiger partial charge in [0.15, 0.2) is 0 Å². The fraction of sp³-hybridized carbons (Fsp3) is 0.167. The zero-order valence-corrected chi connectivity index (χ0v) is 14.5. The number of ether oxygens (including phenoxy) is 1. The van der Waals surface area contributed by atoms with E-state index in [0.29, 0.717) is 11.4 Å². The summed E-state index contributed by atoms with van der Waals surface area (Å²) in [6.45, 7) is 5.62. The predicted molar refractivity (Wildman–Crippen MR) is 99.1 cm³/mol. The third kappa shape index (κ3) is 5.98. The number of nitrogens with two attached hydrogens (primary N) is 1. The second-order valence-electron chi connectivity index (χ2n) is 4.94. The van der Waals surface area contributed by atoms with E-state index in [0.717, 1.165) is 11.9 Å². The lowest BCUT2D eigenvalue weighted by atomic mass is 10.1. The van der Waals surface area contributed by atoms with Crippen LogP contribution in [0.15, 0.2) is 65.1 Å². The van der Waals surface area contributed by atoms with Crippen molar-refractivity contribution in [2.45, 2.75) is 6.92 Å². The maximum atomic E-state index is 12.3. The molecule has 0 radical (unpaired) electrons. The van der Waals surface area contributed by atoms with E-state index >= 15 is 0 Å². The fourth-order valence-corrected chi connectivity index (χ4v) is 1.76. The van der Waals surface area contributed by atoms with Crippen LogP contribution >= 0.6 is 0 Å². The van der Waals surface area contributed by atoms with Crippen molar-refractivity contribution in [3.05, 3.63) is 65.7 Å². The SMILES string of the molecule is C=C(/C=C(/C)NC)N=CC(=CN)C(=O)Nc1ccccc1C(=O)OC. The van der Waals surface area contributed by atoms with Crippen LogP contribution in [0.1, 0.15) is 17.3 Å². The average Bonchev–Trinajstić information content (AvgIpc) is 2.61. The Morgan fingerprint density at radius 2 is 2.00 bits per heavy atom. The van der Waals surface area contributed by atoms with Gasteiger partial charge in [-0.05, 0) is 25.1 Å². The van der Waals surface area contributed by atoms with Crippen LogP contribution in [-0.2, 0) is 9.53 Å². The van der Waals surface area contributed by atoms with Gasteiger partial charge in [0.05, 0.1) is 29.6 Å². The summed E-state index contributed by atoms with van der Waals surface area (Å²) in [7, 11) is 3.05. The third-order valence-electron chi connectivity index (χ3n) is 3.17. The van der Waals surface area contributed by atoms with Crippen molar-refractivity contribution in [1.29, 1.82) is 0 Å². The molecule has 0 aliphatic heterocycles. The molecule has 0 aliphatic carbocycles. The van der Waals surface area contributed by atoms with Crippen molar-refractivity contribution in [2.24, 2.45) is 10.7 Å². The number of methoxy groups -OCH3 is 1. The highest BCUT2D eigenvalue weighted by atomic mass is 16.5. The third-order valence-corrected chi connectivity index (χ3v) is 3.17. The van der Waals surface area contributed by atoms with Gasteiger partial charge in [0, 0.05) is 25.2 Å². The number of nitrogens with zero attached hydrogens (tertiary/aromatic N) is 1. The van der Waals surface area contributed by atoms with Gasteiger partial charge in [-0.2, -0.15) is 0 Å². The summed E-state index contributed by atoms with van der Waals surface area (Å²) in [5.74, 6) is -1.06. The summed E-state index contributed by atoms with van der Waals surface area (Å²) in [6.07, 6.45) is 4.15. The summed E-state index contributed by atoms with van der Waals surface area (Å²) in [6, 6.07) is 6.50. The van der Waals surface area contributed by atoms with E-state index in [1.807, 2.05) is 6.92 Å². The molecule has 1 amide bonds. The number of carbonyl (C=O) groups is 2. The Hall–Kier alpha value is -3.35. The van der Waals surface area contributed by atoms with Crippen molar-refractivity contribution in [3.63, 3.8) is 0 Å². The first-order chi connectivity index (χ1) is 11.9. The summed E-state index contributed by atoms with van der Waals surface area (Å²) in [5, 5.41) is 5.55. The van der Waals surface area contributed by atoms with Gasteiger partial charge >= 0.3 is 5.97 Å². The van der Waals surface area contributed by atoms with Gasteiger partial charge in [-0.15, -0.1) is 0 Å². The molecule has 25 heavy (non-hydrogen) atoms. The molecule has 0 bridgehead atoms. The van der Waals surface area contributed by atoms with Gasteiger partial charge < -0.3 is 21.1 Å². The summed E-state index contributed by atoms with van der Waals surface area (Å²) in [5.41, 5.74) is 7.50. The number of carbonyl (C=O) groups excluding carboxylic acids is 2. The van der Waals surface area contributed by atoms with Crippen LogP contribution in [0.2, 0.25) is 0 Å². The van der Waals surface area contributed by atoms with E-state index < -0.39 is 11.9 Å². The molecule has 0 saturated carbocycles. The lowest BCUT2D eigenvalue weighted by Gasteiger charge is -2.09. The fourth-order valence-electron chi connectivity index (χ4n) is 1.76. The van der Waals surface area contributed by atoms with E-state index in [-0.39, 0.29) is 11.1 Å². The molecule has 4 N–H and O–H groups in total. The number of benzene rings is 1. The first-order valence-electron chi connectivity index (χ1n) is 7.42. The minimum absolute atomic E-state index is 0.122. The Bertz CT molecular complexity index is 748. The minimum atomic E-state index is -0.552. The Morgan fingerprint density at radius 1 is 1.32 bits per heavy atom. The predicted octanol–water partition coefficient (Wildman–Crippen LogP) is 1.96. The summed E-state index contributed by atoms with van der Waals surface area (Å²) < 4.78 is 4.69. The number of allylic oxidation sites excluding steroid dienone is 2. The van der Waals surface area contributed by atoms with Crippen molar-refractivity contribution in [3.8, 4) is 0 Å². The number of hydrogen-bond acceptors (Lipinski definition) is 6. The van der Waals surface area contributed by atoms with Crippen LogP contribution in [0.3, 0.4) is 0 Å². The number of anilines is 1. The Balaban J connectivity index is 2.92. The molecule has 0 unspecified atom stereocenters. The Kier molecular flexibility index (Phi) is 7.65. The summed E-state index contributed by atoms with van der Waals surface area (Å²) in [4.78, 5) is 28.2. The number of aliphatic imine (C=N–C) groups is 1. The zero-order valence-electron chi connectivity index (χ0n) is 14.5. The van der Waals surface area contributed by atoms with E-state index in [1.54, 1.807) is 37.4 Å². The van der Waals surface area contributed by atoms with Crippen molar-refractivity contribution < 1.29 is 14.3 Å². The molecule has 1 rings (SSSR count). The number of hydrogen-bond donors (Lipinski definition) is 3. The largest absolute Gasteiger partial charge is 0.465 e. The molecular weight excluding hydrogens is 320 g/mol. The van der Waals surface area contributed by atoms with Gasteiger partial charge in [-0.3, -0.25) is 9.79 Å².